The topological polar surface area (TPSA) is 56.2 Å². The van der Waals surface area contributed by atoms with E-state index in [0.29, 0.717) is 6.61 Å². The summed E-state index contributed by atoms with van der Waals surface area (Å²) in [5.74, 6) is -0.115. The van der Waals surface area contributed by atoms with Crippen LogP contribution < -0.4 is 5.32 Å². The molecule has 2 aromatic rings. The van der Waals surface area contributed by atoms with Crippen LogP contribution >= 0.6 is 0 Å². The Morgan fingerprint density at radius 1 is 1.39 bits per heavy atom. The molecule has 1 aromatic heterocycles. The number of hydrogen-bond donors (Lipinski definition) is 1. The van der Waals surface area contributed by atoms with E-state index in [1.54, 1.807) is 6.20 Å². The second-order valence-electron chi connectivity index (χ2n) is 5.90. The third kappa shape index (κ3) is 3.29. The van der Waals surface area contributed by atoms with Crippen molar-refractivity contribution in [3.05, 3.63) is 53.9 Å². The molecule has 0 bridgehead atoms. The Balaban J connectivity index is 1.71. The Hall–Kier alpha value is -2.14. The number of hydrogen-bond acceptors (Lipinski definition) is 3. The Kier molecular flexibility index (Phi) is 4.76. The van der Waals surface area contributed by atoms with E-state index < -0.39 is 0 Å². The number of rotatable bonds is 5. The van der Waals surface area contributed by atoms with Crippen LogP contribution in [0.15, 0.2) is 42.6 Å². The van der Waals surface area contributed by atoms with Gasteiger partial charge in [-0.2, -0.15) is 5.10 Å². The standard InChI is InChI=1S/C18H23N3O2/c1-3-21-16(9-11-19-21)17-15(10-12-23-17)18(22)20-13(2)14-7-5-4-6-8-14/h4-9,11,13,15,17H,3,10,12H2,1-2H3,(H,20,22)/t13?,15-,17-/m1/s1. The highest BCUT2D eigenvalue weighted by molar-refractivity contribution is 5.80. The van der Waals surface area contributed by atoms with Crippen molar-refractivity contribution in [3.63, 3.8) is 0 Å². The first-order chi connectivity index (χ1) is 11.2. The number of benzene rings is 1. The van der Waals surface area contributed by atoms with Crippen LogP contribution in [0.1, 0.15) is 43.7 Å². The van der Waals surface area contributed by atoms with Crippen LogP contribution in [0.4, 0.5) is 0 Å². The minimum absolute atomic E-state index is 0.0129. The van der Waals surface area contributed by atoms with Gasteiger partial charge in [0.1, 0.15) is 6.10 Å². The zero-order chi connectivity index (χ0) is 16.2. The van der Waals surface area contributed by atoms with E-state index >= 15 is 0 Å². The summed E-state index contributed by atoms with van der Waals surface area (Å²) in [6.07, 6.45) is 2.30. The smallest absolute Gasteiger partial charge is 0.226 e. The van der Waals surface area contributed by atoms with Gasteiger partial charge in [-0.25, -0.2) is 0 Å². The first kappa shape index (κ1) is 15.7. The Morgan fingerprint density at radius 2 is 2.17 bits per heavy atom. The molecule has 122 valence electrons. The highest BCUT2D eigenvalue weighted by Gasteiger charge is 2.37. The summed E-state index contributed by atoms with van der Waals surface area (Å²) in [5.41, 5.74) is 2.09. The van der Waals surface area contributed by atoms with E-state index in [1.165, 1.54) is 0 Å². The normalized spacial score (nSPS) is 22.0. The summed E-state index contributed by atoms with van der Waals surface area (Å²) in [5, 5.41) is 7.41. The Bertz CT molecular complexity index is 653. The van der Waals surface area contributed by atoms with Crippen LogP contribution in [0.5, 0.6) is 0 Å². The van der Waals surface area contributed by atoms with Gasteiger partial charge in [-0.15, -0.1) is 0 Å². The minimum atomic E-state index is -0.208. The molecule has 0 radical (unpaired) electrons. The molecule has 0 spiro atoms. The first-order valence-electron chi connectivity index (χ1n) is 8.19. The molecule has 1 N–H and O–H groups in total. The largest absolute Gasteiger partial charge is 0.371 e. The van der Waals surface area contributed by atoms with E-state index in [4.69, 9.17) is 4.74 Å². The molecule has 2 heterocycles. The lowest BCUT2D eigenvalue weighted by Crippen LogP contribution is -2.34. The van der Waals surface area contributed by atoms with Crippen LogP contribution in [-0.2, 0) is 16.1 Å². The fraction of sp³-hybridized carbons (Fsp3) is 0.444. The number of ether oxygens (including phenoxy) is 1. The van der Waals surface area contributed by atoms with Crippen molar-refractivity contribution in [1.82, 2.24) is 15.1 Å². The summed E-state index contributed by atoms with van der Waals surface area (Å²) < 4.78 is 7.74. The van der Waals surface area contributed by atoms with Crippen molar-refractivity contribution >= 4 is 5.91 Å². The van der Waals surface area contributed by atoms with Crippen LogP contribution in [0.3, 0.4) is 0 Å². The van der Waals surface area contributed by atoms with Crippen LogP contribution in [0, 0.1) is 5.92 Å². The average Bonchev–Trinajstić information content (AvgIpc) is 3.23. The van der Waals surface area contributed by atoms with Gasteiger partial charge in [0.05, 0.1) is 17.7 Å². The van der Waals surface area contributed by atoms with Crippen molar-refractivity contribution < 1.29 is 9.53 Å². The minimum Gasteiger partial charge on any atom is -0.371 e. The number of nitrogens with one attached hydrogen (secondary N) is 1. The molecule has 3 atom stereocenters. The number of aromatic nitrogens is 2. The van der Waals surface area contributed by atoms with E-state index in [9.17, 15) is 4.79 Å². The highest BCUT2D eigenvalue weighted by Crippen LogP contribution is 2.35. The second kappa shape index (κ2) is 6.96. The summed E-state index contributed by atoms with van der Waals surface area (Å²) in [6, 6.07) is 11.9. The Morgan fingerprint density at radius 3 is 2.91 bits per heavy atom. The molecule has 3 rings (SSSR count). The lowest BCUT2D eigenvalue weighted by molar-refractivity contribution is -0.127. The number of amides is 1. The fourth-order valence-electron chi connectivity index (χ4n) is 3.14. The molecule has 1 aliphatic heterocycles. The molecule has 5 heteroatoms. The van der Waals surface area contributed by atoms with Gasteiger partial charge in [0, 0.05) is 19.3 Å². The van der Waals surface area contributed by atoms with Gasteiger partial charge in [0.25, 0.3) is 0 Å². The predicted octanol–water partition coefficient (Wildman–Crippen LogP) is 2.86. The fourth-order valence-corrected chi connectivity index (χ4v) is 3.14. The molecule has 1 saturated heterocycles. The number of carbonyl (C=O) groups excluding carboxylic acids is 1. The van der Waals surface area contributed by atoms with Gasteiger partial charge < -0.3 is 10.1 Å². The maximum Gasteiger partial charge on any atom is 0.226 e. The SMILES string of the molecule is CCn1nccc1[C@@H]1OCC[C@H]1C(=O)NC(C)c1ccccc1. The van der Waals surface area contributed by atoms with Crippen LogP contribution in [0.2, 0.25) is 0 Å². The summed E-state index contributed by atoms with van der Waals surface area (Å²) in [7, 11) is 0. The van der Waals surface area contributed by atoms with Crippen molar-refractivity contribution in [3.8, 4) is 0 Å². The number of nitrogens with zero attached hydrogens (tertiary/aromatic N) is 2. The van der Waals surface area contributed by atoms with Gasteiger partial charge in [-0.1, -0.05) is 30.3 Å². The van der Waals surface area contributed by atoms with Crippen molar-refractivity contribution in [2.75, 3.05) is 6.61 Å². The van der Waals surface area contributed by atoms with Crippen molar-refractivity contribution in [1.29, 1.82) is 0 Å². The lowest BCUT2D eigenvalue weighted by atomic mass is 9.97. The second-order valence-corrected chi connectivity index (χ2v) is 5.90. The van der Waals surface area contributed by atoms with Crippen LogP contribution in [-0.4, -0.2) is 22.3 Å². The Labute approximate surface area is 136 Å². The molecule has 1 unspecified atom stereocenters. The predicted molar refractivity (Wildman–Crippen MR) is 87.7 cm³/mol. The third-order valence-corrected chi connectivity index (χ3v) is 4.43. The monoisotopic (exact) mass is 313 g/mol. The highest BCUT2D eigenvalue weighted by atomic mass is 16.5. The van der Waals surface area contributed by atoms with Crippen molar-refractivity contribution in [2.24, 2.45) is 5.92 Å². The van der Waals surface area contributed by atoms with E-state index in [2.05, 4.69) is 10.4 Å². The van der Waals surface area contributed by atoms with Gasteiger partial charge in [0.2, 0.25) is 5.91 Å². The zero-order valence-corrected chi connectivity index (χ0v) is 13.6. The summed E-state index contributed by atoms with van der Waals surface area (Å²) >= 11 is 0. The molecule has 1 amide bonds. The summed E-state index contributed by atoms with van der Waals surface area (Å²) in [4.78, 5) is 12.7. The van der Waals surface area contributed by atoms with E-state index in [1.807, 2.05) is 54.9 Å². The van der Waals surface area contributed by atoms with Gasteiger partial charge in [-0.05, 0) is 31.9 Å². The molecule has 1 aliphatic rings. The van der Waals surface area contributed by atoms with Crippen LogP contribution in [0.25, 0.3) is 0 Å². The molecule has 23 heavy (non-hydrogen) atoms. The van der Waals surface area contributed by atoms with Gasteiger partial charge in [-0.3, -0.25) is 9.48 Å². The zero-order valence-electron chi connectivity index (χ0n) is 13.6. The van der Waals surface area contributed by atoms with Gasteiger partial charge >= 0.3 is 0 Å². The number of carbonyl (C=O) groups is 1. The molecule has 1 fully saturated rings. The molecular formula is C18H23N3O2. The molecule has 0 saturated carbocycles. The quantitative estimate of drug-likeness (QED) is 0.923. The number of aryl methyl sites for hydroxylation is 1. The van der Waals surface area contributed by atoms with E-state index in [0.717, 1.165) is 24.2 Å². The lowest BCUT2D eigenvalue weighted by Gasteiger charge is -2.22. The van der Waals surface area contributed by atoms with Crippen molar-refractivity contribution in [2.45, 2.75) is 39.0 Å². The molecular weight excluding hydrogens is 290 g/mol. The molecule has 1 aromatic carbocycles. The first-order valence-corrected chi connectivity index (χ1v) is 8.19. The molecule has 0 aliphatic carbocycles. The molecule has 5 nitrogen and oxygen atoms in total. The third-order valence-electron chi connectivity index (χ3n) is 4.43. The summed E-state index contributed by atoms with van der Waals surface area (Å²) in [6.45, 7) is 5.43. The average molecular weight is 313 g/mol. The maximum atomic E-state index is 12.7. The van der Waals surface area contributed by atoms with E-state index in [-0.39, 0.29) is 24.0 Å². The van der Waals surface area contributed by atoms with Gasteiger partial charge in [0.15, 0.2) is 0 Å². The maximum absolute atomic E-state index is 12.7.